The molecule has 0 aliphatic carbocycles. The fourth-order valence-corrected chi connectivity index (χ4v) is 2.16. The third-order valence-electron chi connectivity index (χ3n) is 3.34. The molecule has 0 aliphatic rings. The number of rotatable bonds is 5. The molecule has 0 saturated heterocycles. The Labute approximate surface area is 140 Å². The van der Waals surface area contributed by atoms with Gasteiger partial charge in [0.2, 0.25) is 0 Å². The number of esters is 1. The highest BCUT2D eigenvalue weighted by atomic mass is 35.5. The van der Waals surface area contributed by atoms with Crippen LogP contribution in [0.2, 0.25) is 5.02 Å². The largest absolute Gasteiger partial charge is 0.449 e. The first-order valence-electron chi connectivity index (χ1n) is 7.36. The monoisotopic (exact) mass is 331 g/mol. The molecule has 0 fully saturated rings. The molecule has 2 aromatic carbocycles. The number of aryl methyl sites for hydroxylation is 1. The number of carbonyl (C=O) groups is 2. The second-order valence-electron chi connectivity index (χ2n) is 5.10. The Hall–Kier alpha value is -2.33. The maximum atomic E-state index is 12.1. The first kappa shape index (κ1) is 17.0. The number of anilines is 1. The highest BCUT2D eigenvalue weighted by molar-refractivity contribution is 6.30. The van der Waals surface area contributed by atoms with Crippen molar-refractivity contribution in [3.8, 4) is 0 Å². The van der Waals surface area contributed by atoms with Crippen molar-refractivity contribution in [1.29, 1.82) is 0 Å². The van der Waals surface area contributed by atoms with Gasteiger partial charge < -0.3 is 10.1 Å². The molecular formula is C18H18ClNO3. The summed E-state index contributed by atoms with van der Waals surface area (Å²) < 4.78 is 5.16. The normalized spacial score (nSPS) is 11.6. The molecule has 1 atom stereocenters. The molecule has 120 valence electrons. The number of hydrogen-bond acceptors (Lipinski definition) is 3. The van der Waals surface area contributed by atoms with Crippen LogP contribution < -0.4 is 5.32 Å². The quantitative estimate of drug-likeness (QED) is 0.840. The molecule has 1 unspecified atom stereocenters. The summed E-state index contributed by atoms with van der Waals surface area (Å²) in [5, 5.41) is 3.16. The van der Waals surface area contributed by atoms with Crippen LogP contribution in [0.25, 0.3) is 0 Å². The van der Waals surface area contributed by atoms with Crippen LogP contribution in [0, 0.1) is 0 Å². The lowest BCUT2D eigenvalue weighted by molar-refractivity contribution is -0.123. The Morgan fingerprint density at radius 2 is 1.87 bits per heavy atom. The fraction of sp³-hybridized carbons (Fsp3) is 0.222. The lowest BCUT2D eigenvalue weighted by Gasteiger charge is -2.14. The van der Waals surface area contributed by atoms with E-state index in [1.54, 1.807) is 18.2 Å². The number of halogens is 1. The van der Waals surface area contributed by atoms with E-state index in [9.17, 15) is 9.59 Å². The van der Waals surface area contributed by atoms with Crippen LogP contribution in [-0.2, 0) is 16.0 Å². The predicted octanol–water partition coefficient (Wildman–Crippen LogP) is 4.09. The van der Waals surface area contributed by atoms with Gasteiger partial charge in [-0.05, 0) is 49.2 Å². The van der Waals surface area contributed by atoms with Gasteiger partial charge in [-0.3, -0.25) is 4.79 Å². The average Bonchev–Trinajstić information content (AvgIpc) is 2.55. The Bertz CT molecular complexity index is 698. The minimum atomic E-state index is -0.910. The zero-order valence-electron chi connectivity index (χ0n) is 13.0. The van der Waals surface area contributed by atoms with E-state index in [0.717, 1.165) is 6.42 Å². The van der Waals surface area contributed by atoms with Crippen LogP contribution >= 0.6 is 11.6 Å². The number of carbonyl (C=O) groups excluding carboxylic acids is 2. The first-order chi connectivity index (χ1) is 11.0. The number of benzene rings is 2. The van der Waals surface area contributed by atoms with Crippen molar-refractivity contribution >= 4 is 29.2 Å². The molecule has 0 heterocycles. The molecule has 0 aromatic heterocycles. The van der Waals surface area contributed by atoms with Crippen molar-refractivity contribution in [3.63, 3.8) is 0 Å². The van der Waals surface area contributed by atoms with Gasteiger partial charge in [0.25, 0.3) is 5.91 Å². The summed E-state index contributed by atoms with van der Waals surface area (Å²) >= 11 is 5.83. The number of ether oxygens (including phenoxy) is 1. The van der Waals surface area contributed by atoms with E-state index in [2.05, 4.69) is 12.2 Å². The summed E-state index contributed by atoms with van der Waals surface area (Å²) in [6.07, 6.45) is 0.0225. The smallest absolute Gasteiger partial charge is 0.338 e. The molecule has 5 heteroatoms. The lowest BCUT2D eigenvalue weighted by atomic mass is 10.1. The van der Waals surface area contributed by atoms with Gasteiger partial charge in [0, 0.05) is 10.7 Å². The summed E-state index contributed by atoms with van der Waals surface area (Å²) in [7, 11) is 0. The van der Waals surface area contributed by atoms with Crippen molar-refractivity contribution < 1.29 is 14.3 Å². The zero-order chi connectivity index (χ0) is 16.8. The summed E-state index contributed by atoms with van der Waals surface area (Å²) in [4.78, 5) is 24.1. The predicted molar refractivity (Wildman–Crippen MR) is 90.8 cm³/mol. The van der Waals surface area contributed by atoms with Gasteiger partial charge in [-0.2, -0.15) is 0 Å². The summed E-state index contributed by atoms with van der Waals surface area (Å²) in [6, 6.07) is 13.9. The van der Waals surface area contributed by atoms with E-state index in [1.165, 1.54) is 18.6 Å². The van der Waals surface area contributed by atoms with Gasteiger partial charge >= 0.3 is 5.97 Å². The average molecular weight is 332 g/mol. The Balaban J connectivity index is 1.95. The zero-order valence-corrected chi connectivity index (χ0v) is 13.8. The van der Waals surface area contributed by atoms with E-state index in [4.69, 9.17) is 16.3 Å². The van der Waals surface area contributed by atoms with E-state index in [0.29, 0.717) is 16.3 Å². The van der Waals surface area contributed by atoms with Crippen LogP contribution in [-0.4, -0.2) is 18.0 Å². The molecule has 2 rings (SSSR count). The van der Waals surface area contributed by atoms with E-state index < -0.39 is 12.1 Å². The number of amides is 1. The van der Waals surface area contributed by atoms with Crippen LogP contribution in [0.15, 0.2) is 48.5 Å². The van der Waals surface area contributed by atoms with Crippen molar-refractivity contribution in [1.82, 2.24) is 0 Å². The second-order valence-corrected chi connectivity index (χ2v) is 5.53. The Morgan fingerprint density at radius 3 is 2.48 bits per heavy atom. The Kier molecular flexibility index (Phi) is 5.77. The molecule has 0 saturated carbocycles. The van der Waals surface area contributed by atoms with E-state index >= 15 is 0 Å². The van der Waals surface area contributed by atoms with Crippen LogP contribution in [0.3, 0.4) is 0 Å². The molecule has 0 spiro atoms. The van der Waals surface area contributed by atoms with Gasteiger partial charge in [0.1, 0.15) is 0 Å². The molecule has 4 nitrogen and oxygen atoms in total. The van der Waals surface area contributed by atoms with E-state index in [1.807, 2.05) is 24.3 Å². The van der Waals surface area contributed by atoms with Crippen LogP contribution in [0.5, 0.6) is 0 Å². The highest BCUT2D eigenvalue weighted by Gasteiger charge is 2.19. The van der Waals surface area contributed by atoms with Gasteiger partial charge in [0.15, 0.2) is 6.10 Å². The maximum absolute atomic E-state index is 12.1. The van der Waals surface area contributed by atoms with Crippen LogP contribution in [0.4, 0.5) is 5.69 Å². The van der Waals surface area contributed by atoms with Gasteiger partial charge in [-0.25, -0.2) is 4.79 Å². The summed E-state index contributed by atoms with van der Waals surface area (Å²) in [6.45, 7) is 3.59. The molecule has 1 N–H and O–H groups in total. The first-order valence-corrected chi connectivity index (χ1v) is 7.73. The highest BCUT2D eigenvalue weighted by Crippen LogP contribution is 2.14. The second kappa shape index (κ2) is 7.79. The third-order valence-corrected chi connectivity index (χ3v) is 3.58. The van der Waals surface area contributed by atoms with Gasteiger partial charge in [-0.1, -0.05) is 36.7 Å². The minimum Gasteiger partial charge on any atom is -0.449 e. The topological polar surface area (TPSA) is 55.4 Å². The van der Waals surface area contributed by atoms with Crippen molar-refractivity contribution in [3.05, 3.63) is 64.7 Å². The molecule has 0 radical (unpaired) electrons. The molecule has 0 aliphatic heterocycles. The van der Waals surface area contributed by atoms with Crippen molar-refractivity contribution in [2.75, 3.05) is 5.32 Å². The fourth-order valence-electron chi connectivity index (χ4n) is 1.97. The molecule has 0 bridgehead atoms. The van der Waals surface area contributed by atoms with Gasteiger partial charge in [-0.15, -0.1) is 0 Å². The molecule has 23 heavy (non-hydrogen) atoms. The summed E-state index contributed by atoms with van der Waals surface area (Å²) in [5.41, 5.74) is 2.16. The minimum absolute atomic E-state index is 0.310. The lowest BCUT2D eigenvalue weighted by Crippen LogP contribution is -2.30. The van der Waals surface area contributed by atoms with E-state index in [-0.39, 0.29) is 5.91 Å². The van der Waals surface area contributed by atoms with Crippen molar-refractivity contribution in [2.45, 2.75) is 26.4 Å². The third kappa shape index (κ3) is 4.83. The molecule has 1 amide bonds. The molecular weight excluding hydrogens is 314 g/mol. The van der Waals surface area contributed by atoms with Crippen LogP contribution in [0.1, 0.15) is 29.8 Å². The standard InChI is InChI=1S/C18H18ClNO3/c1-3-13-7-9-16(10-8-13)20-17(21)12(2)23-18(22)14-5-4-6-15(19)11-14/h4-12H,3H2,1-2H3,(H,20,21). The van der Waals surface area contributed by atoms with Crippen molar-refractivity contribution in [2.24, 2.45) is 0 Å². The SMILES string of the molecule is CCc1ccc(NC(=O)C(C)OC(=O)c2cccc(Cl)c2)cc1. The number of hydrogen-bond donors (Lipinski definition) is 1. The molecule has 2 aromatic rings. The summed E-state index contributed by atoms with van der Waals surface area (Å²) in [5.74, 6) is -0.971. The Morgan fingerprint density at radius 1 is 1.17 bits per heavy atom. The number of nitrogens with one attached hydrogen (secondary N) is 1. The van der Waals surface area contributed by atoms with Gasteiger partial charge in [0.05, 0.1) is 5.56 Å². The maximum Gasteiger partial charge on any atom is 0.338 e.